The Kier molecular flexibility index (Phi) is 4.27. The lowest BCUT2D eigenvalue weighted by molar-refractivity contribution is -0.132. The maximum absolute atomic E-state index is 14.0. The highest BCUT2D eigenvalue weighted by atomic mass is 35.5. The van der Waals surface area contributed by atoms with E-state index in [1.165, 1.54) is 19.1 Å². The van der Waals surface area contributed by atoms with Gasteiger partial charge in [-0.25, -0.2) is 9.18 Å². The van der Waals surface area contributed by atoms with Gasteiger partial charge in [-0.2, -0.15) is 0 Å². The van der Waals surface area contributed by atoms with E-state index in [-0.39, 0.29) is 17.2 Å². The van der Waals surface area contributed by atoms with E-state index in [1.54, 1.807) is 6.92 Å². The van der Waals surface area contributed by atoms with Gasteiger partial charge in [0.05, 0.1) is 6.61 Å². The van der Waals surface area contributed by atoms with Gasteiger partial charge in [0.25, 0.3) is 5.78 Å². The van der Waals surface area contributed by atoms with Crippen LogP contribution in [0.4, 0.5) is 9.18 Å². The molecule has 0 fully saturated rings. The molecule has 0 spiro atoms. The molecule has 22 heavy (non-hydrogen) atoms. The number of nitrogens with one attached hydrogen (secondary N) is 1. The molecule has 8 heteroatoms. The number of carbonyl (C=O) groups is 2. The van der Waals surface area contributed by atoms with Crippen LogP contribution in [0.2, 0.25) is 5.02 Å². The molecule has 0 radical (unpaired) electrons. The fourth-order valence-corrected chi connectivity index (χ4v) is 2.18. The summed E-state index contributed by atoms with van der Waals surface area (Å²) < 4.78 is 23.9. The van der Waals surface area contributed by atoms with E-state index in [0.29, 0.717) is 0 Å². The van der Waals surface area contributed by atoms with Crippen molar-refractivity contribution in [3.8, 4) is 0 Å². The number of ketones is 1. The summed E-state index contributed by atoms with van der Waals surface area (Å²) in [5.41, 5.74) is -1.93. The summed E-state index contributed by atoms with van der Waals surface area (Å²) >= 11 is 5.67. The molecule has 0 bridgehead atoms. The van der Waals surface area contributed by atoms with E-state index in [9.17, 15) is 19.1 Å². The van der Waals surface area contributed by atoms with Crippen LogP contribution in [0, 0.1) is 5.82 Å². The number of amides is 1. The Balaban J connectivity index is 2.32. The Morgan fingerprint density at radius 3 is 2.82 bits per heavy atom. The molecule has 1 amide bonds. The van der Waals surface area contributed by atoms with E-state index in [2.05, 4.69) is 10.1 Å². The van der Waals surface area contributed by atoms with E-state index < -0.39 is 34.9 Å². The Labute approximate surface area is 130 Å². The highest BCUT2D eigenvalue weighted by Crippen LogP contribution is 2.38. The number of aliphatic hydroxyl groups excluding tert-OH is 1. The van der Waals surface area contributed by atoms with Crippen molar-refractivity contribution >= 4 is 23.5 Å². The van der Waals surface area contributed by atoms with Crippen molar-refractivity contribution in [3.05, 3.63) is 46.2 Å². The molecule has 1 unspecified atom stereocenters. The maximum atomic E-state index is 14.0. The van der Waals surface area contributed by atoms with Crippen LogP contribution in [0.1, 0.15) is 19.4 Å². The van der Waals surface area contributed by atoms with E-state index in [0.717, 1.165) is 6.07 Å². The lowest BCUT2D eigenvalue weighted by Crippen LogP contribution is -2.33. The van der Waals surface area contributed by atoms with Gasteiger partial charge in [-0.05, 0) is 26.0 Å². The summed E-state index contributed by atoms with van der Waals surface area (Å²) in [6, 6.07) is 3.68. The van der Waals surface area contributed by atoms with Crippen molar-refractivity contribution in [1.82, 2.24) is 5.32 Å². The van der Waals surface area contributed by atoms with Crippen LogP contribution in [0.3, 0.4) is 0 Å². The predicted octanol–water partition coefficient (Wildman–Crippen LogP) is 2.77. The van der Waals surface area contributed by atoms with Gasteiger partial charge in [-0.3, -0.25) is 10.1 Å². The molecular formula is C14H13ClFNO5. The average Bonchev–Trinajstić information content (AvgIpc) is 2.64. The number of alkyl carbamates (subject to hydrolysis) is 1. The van der Waals surface area contributed by atoms with Crippen LogP contribution in [0.15, 0.2) is 29.8 Å². The highest BCUT2D eigenvalue weighted by Gasteiger charge is 2.49. The van der Waals surface area contributed by atoms with Gasteiger partial charge in [0.1, 0.15) is 5.82 Å². The van der Waals surface area contributed by atoms with Gasteiger partial charge in [0.15, 0.2) is 0 Å². The Morgan fingerprint density at radius 1 is 1.55 bits per heavy atom. The molecule has 1 atom stereocenters. The molecule has 6 nitrogen and oxygen atoms in total. The smallest absolute Gasteiger partial charge is 0.414 e. The van der Waals surface area contributed by atoms with E-state index in [4.69, 9.17) is 16.3 Å². The third-order valence-corrected chi connectivity index (χ3v) is 3.34. The van der Waals surface area contributed by atoms with Crippen LogP contribution in [0.25, 0.3) is 0 Å². The van der Waals surface area contributed by atoms with Crippen LogP contribution in [-0.4, -0.2) is 23.6 Å². The van der Waals surface area contributed by atoms with Gasteiger partial charge in [-0.1, -0.05) is 17.7 Å². The quantitative estimate of drug-likeness (QED) is 0.890. The van der Waals surface area contributed by atoms with Crippen LogP contribution < -0.4 is 5.32 Å². The fourth-order valence-electron chi connectivity index (χ4n) is 2.03. The number of halogens is 2. The molecule has 0 saturated heterocycles. The summed E-state index contributed by atoms with van der Waals surface area (Å²) in [6.07, 6.45) is -0.905. The minimum Gasteiger partial charge on any atom is -0.501 e. The number of benzene rings is 1. The van der Waals surface area contributed by atoms with Crippen molar-refractivity contribution in [3.63, 3.8) is 0 Å². The summed E-state index contributed by atoms with van der Waals surface area (Å²) in [5, 5.41) is 12.0. The van der Waals surface area contributed by atoms with Crippen LogP contribution >= 0.6 is 11.6 Å². The molecule has 1 aliphatic heterocycles. The number of ether oxygens (including phenoxy) is 2. The highest BCUT2D eigenvalue weighted by molar-refractivity contribution is 6.30. The zero-order valence-corrected chi connectivity index (χ0v) is 12.5. The predicted molar refractivity (Wildman–Crippen MR) is 74.7 cm³/mol. The molecular weight excluding hydrogens is 317 g/mol. The molecule has 1 heterocycles. The molecule has 2 rings (SSSR count). The van der Waals surface area contributed by atoms with Crippen LogP contribution in [0.5, 0.6) is 0 Å². The van der Waals surface area contributed by atoms with Crippen molar-refractivity contribution < 1.29 is 28.6 Å². The third-order valence-electron chi connectivity index (χ3n) is 3.11. The van der Waals surface area contributed by atoms with Gasteiger partial charge >= 0.3 is 6.09 Å². The lowest BCUT2D eigenvalue weighted by Gasteiger charge is -2.24. The summed E-state index contributed by atoms with van der Waals surface area (Å²) in [4.78, 5) is 23.5. The van der Waals surface area contributed by atoms with Crippen molar-refractivity contribution in [1.29, 1.82) is 0 Å². The number of carbonyl (C=O) groups excluding carboxylic acids is 2. The Morgan fingerprint density at radius 2 is 2.23 bits per heavy atom. The van der Waals surface area contributed by atoms with E-state index in [1.807, 2.05) is 0 Å². The first-order chi connectivity index (χ1) is 10.3. The Bertz CT molecular complexity index is 675. The summed E-state index contributed by atoms with van der Waals surface area (Å²) in [6.45, 7) is 2.95. The molecule has 2 N–H and O–H groups in total. The fraction of sp³-hybridized carbons (Fsp3) is 0.286. The standard InChI is InChI=1S/C14H13ClFNO5/c1-3-21-13(20)17-12-10(18)11(19)14(2,22-12)8-5-4-7(15)6-9(8)16/h4-6,18H,3H2,1-2H3,(H,17,20). The number of hydrogen-bond acceptors (Lipinski definition) is 5. The zero-order valence-electron chi connectivity index (χ0n) is 11.8. The summed E-state index contributed by atoms with van der Waals surface area (Å²) in [7, 11) is 0. The second kappa shape index (κ2) is 5.84. The number of Topliss-reactive ketones (excluding diaryl/α,β-unsaturated/α-hetero) is 1. The van der Waals surface area contributed by atoms with Crippen molar-refractivity contribution in [2.45, 2.75) is 19.4 Å². The first-order valence-corrected chi connectivity index (χ1v) is 6.73. The molecule has 1 aromatic rings. The third kappa shape index (κ3) is 2.71. The minimum absolute atomic E-state index is 0.0941. The number of aliphatic hydroxyl groups is 1. The largest absolute Gasteiger partial charge is 0.501 e. The lowest BCUT2D eigenvalue weighted by atomic mass is 9.91. The normalized spacial score (nSPS) is 20.8. The monoisotopic (exact) mass is 329 g/mol. The van der Waals surface area contributed by atoms with Gasteiger partial charge in [-0.15, -0.1) is 0 Å². The summed E-state index contributed by atoms with van der Waals surface area (Å²) in [5.74, 6) is -2.96. The van der Waals surface area contributed by atoms with Crippen LogP contribution in [-0.2, 0) is 19.9 Å². The second-order valence-electron chi connectivity index (χ2n) is 4.61. The van der Waals surface area contributed by atoms with E-state index >= 15 is 0 Å². The molecule has 0 aromatic heterocycles. The topological polar surface area (TPSA) is 84.9 Å². The first kappa shape index (κ1) is 16.1. The SMILES string of the molecule is CCOC(=O)NC1=C(O)C(=O)C(C)(c2ccc(Cl)cc2F)O1. The van der Waals surface area contributed by atoms with Crippen molar-refractivity contribution in [2.75, 3.05) is 6.61 Å². The first-order valence-electron chi connectivity index (χ1n) is 6.36. The van der Waals surface area contributed by atoms with Gasteiger partial charge in [0.2, 0.25) is 17.2 Å². The maximum Gasteiger partial charge on any atom is 0.414 e. The molecule has 0 aliphatic carbocycles. The molecule has 1 aromatic carbocycles. The second-order valence-corrected chi connectivity index (χ2v) is 5.05. The zero-order chi connectivity index (χ0) is 16.5. The van der Waals surface area contributed by atoms with Gasteiger partial charge in [0, 0.05) is 10.6 Å². The number of hydrogen-bond donors (Lipinski definition) is 2. The molecule has 118 valence electrons. The van der Waals surface area contributed by atoms with Gasteiger partial charge < -0.3 is 14.6 Å². The Hall–Kier alpha value is -2.28. The van der Waals surface area contributed by atoms with Crippen molar-refractivity contribution in [2.24, 2.45) is 0 Å². The number of rotatable bonds is 3. The minimum atomic E-state index is -1.81. The molecule has 1 aliphatic rings. The molecule has 0 saturated carbocycles. The average molecular weight is 330 g/mol.